The molecule has 2 N–H and O–H groups in total. The zero-order valence-corrected chi connectivity index (χ0v) is 10.4. The molecular weight excluding hydrogens is 222 g/mol. The Kier molecular flexibility index (Phi) is 5.19. The number of nitrogen functional groups attached to an aromatic ring is 1. The molecule has 0 saturated carbocycles. The topological polar surface area (TPSA) is 29.3 Å². The van der Waals surface area contributed by atoms with E-state index in [1.54, 1.807) is 12.1 Å². The van der Waals surface area contributed by atoms with Gasteiger partial charge in [-0.15, -0.1) is 0 Å². The van der Waals surface area contributed by atoms with Crippen LogP contribution in [0.4, 0.5) is 20.2 Å². The van der Waals surface area contributed by atoms with Gasteiger partial charge in [0.15, 0.2) is 0 Å². The van der Waals surface area contributed by atoms with Gasteiger partial charge in [0.05, 0.1) is 0 Å². The molecule has 0 aliphatic rings. The molecule has 2 nitrogen and oxygen atoms in total. The molecule has 0 amide bonds. The lowest BCUT2D eigenvalue weighted by molar-refractivity contribution is 0.152. The predicted octanol–water partition coefficient (Wildman–Crippen LogP) is 3.83. The second-order valence-corrected chi connectivity index (χ2v) is 4.11. The van der Waals surface area contributed by atoms with Crippen LogP contribution in [0.5, 0.6) is 0 Å². The third-order valence-corrected chi connectivity index (χ3v) is 2.61. The van der Waals surface area contributed by atoms with Gasteiger partial charge in [-0.3, -0.25) is 0 Å². The quantitative estimate of drug-likeness (QED) is 0.768. The number of anilines is 2. The van der Waals surface area contributed by atoms with Crippen LogP contribution in [0, 0.1) is 0 Å². The van der Waals surface area contributed by atoms with Crippen LogP contribution in [-0.4, -0.2) is 13.1 Å². The van der Waals surface area contributed by atoms with Crippen molar-refractivity contribution in [2.45, 2.75) is 33.1 Å². The van der Waals surface area contributed by atoms with Gasteiger partial charge in [-0.1, -0.05) is 13.8 Å². The Morgan fingerprint density at radius 3 is 2.24 bits per heavy atom. The zero-order valence-electron chi connectivity index (χ0n) is 10.4. The van der Waals surface area contributed by atoms with Crippen molar-refractivity contribution in [3.8, 4) is 0 Å². The lowest BCUT2D eigenvalue weighted by Gasteiger charge is -2.26. The minimum absolute atomic E-state index is 0.0342. The lowest BCUT2D eigenvalue weighted by Crippen LogP contribution is -2.26. The first-order valence-corrected chi connectivity index (χ1v) is 6.02. The highest BCUT2D eigenvalue weighted by molar-refractivity contribution is 5.60. The fourth-order valence-electron chi connectivity index (χ4n) is 1.93. The number of nitrogens with two attached hydrogens (primary N) is 1. The van der Waals surface area contributed by atoms with Crippen LogP contribution in [0.15, 0.2) is 18.2 Å². The molecule has 0 unspecified atom stereocenters. The second-order valence-electron chi connectivity index (χ2n) is 4.11. The summed E-state index contributed by atoms with van der Waals surface area (Å²) in [6, 6.07) is 4.75. The number of hydrogen-bond donors (Lipinski definition) is 1. The van der Waals surface area contributed by atoms with Crippen molar-refractivity contribution >= 4 is 11.4 Å². The van der Waals surface area contributed by atoms with E-state index in [-0.39, 0.29) is 5.56 Å². The Morgan fingerprint density at radius 1 is 1.18 bits per heavy atom. The molecule has 0 fully saturated rings. The molecule has 0 saturated heterocycles. The highest BCUT2D eigenvalue weighted by atomic mass is 19.3. The normalized spacial score (nSPS) is 10.9. The molecule has 4 heteroatoms. The molecule has 17 heavy (non-hydrogen) atoms. The van der Waals surface area contributed by atoms with E-state index in [4.69, 9.17) is 5.73 Å². The maximum atomic E-state index is 13.0. The van der Waals surface area contributed by atoms with Crippen LogP contribution in [0.1, 0.15) is 38.7 Å². The Labute approximate surface area is 101 Å². The van der Waals surface area contributed by atoms with Crippen molar-refractivity contribution in [3.05, 3.63) is 23.8 Å². The molecule has 0 heterocycles. The molecule has 0 aliphatic carbocycles. The van der Waals surface area contributed by atoms with E-state index in [0.29, 0.717) is 11.4 Å². The van der Waals surface area contributed by atoms with Gasteiger partial charge in [0.25, 0.3) is 6.43 Å². The summed E-state index contributed by atoms with van der Waals surface area (Å²) < 4.78 is 25.9. The zero-order chi connectivity index (χ0) is 12.8. The number of hydrogen-bond acceptors (Lipinski definition) is 2. The molecule has 0 aliphatic heterocycles. The fraction of sp³-hybridized carbons (Fsp3) is 0.538. The van der Waals surface area contributed by atoms with Crippen LogP contribution >= 0.6 is 0 Å². The summed E-state index contributed by atoms with van der Waals surface area (Å²) in [6.07, 6.45) is -0.607. The van der Waals surface area contributed by atoms with Crippen LogP contribution in [0.2, 0.25) is 0 Å². The summed E-state index contributed by atoms with van der Waals surface area (Å²) in [4.78, 5) is 2.00. The van der Waals surface area contributed by atoms with Crippen LogP contribution in [0.3, 0.4) is 0 Å². The average Bonchev–Trinajstić information content (AvgIpc) is 2.28. The fourth-order valence-corrected chi connectivity index (χ4v) is 1.93. The van der Waals surface area contributed by atoms with Crippen molar-refractivity contribution in [2.75, 3.05) is 23.7 Å². The Morgan fingerprint density at radius 2 is 1.76 bits per heavy atom. The van der Waals surface area contributed by atoms with Crippen molar-refractivity contribution < 1.29 is 8.78 Å². The third-order valence-electron chi connectivity index (χ3n) is 2.61. The van der Waals surface area contributed by atoms with Gasteiger partial charge in [-0.05, 0) is 31.0 Å². The van der Waals surface area contributed by atoms with Crippen LogP contribution < -0.4 is 10.6 Å². The Balaban J connectivity index is 3.07. The molecule has 1 aromatic carbocycles. The molecule has 96 valence electrons. The number of alkyl halides is 2. The molecule has 0 atom stereocenters. The standard InChI is InChI=1S/C13H20F2N2/c1-3-7-17(8-4-2)12-6-5-10(16)9-11(12)13(14)15/h5-6,9,13H,3-4,7-8,16H2,1-2H3. The minimum Gasteiger partial charge on any atom is -0.399 e. The first kappa shape index (κ1) is 13.7. The van der Waals surface area contributed by atoms with Gasteiger partial charge in [0, 0.05) is 30.0 Å². The van der Waals surface area contributed by atoms with Crippen molar-refractivity contribution in [1.29, 1.82) is 0 Å². The van der Waals surface area contributed by atoms with Gasteiger partial charge in [-0.25, -0.2) is 8.78 Å². The van der Waals surface area contributed by atoms with Gasteiger partial charge in [0.1, 0.15) is 0 Å². The summed E-state index contributed by atoms with van der Waals surface area (Å²) >= 11 is 0. The predicted molar refractivity (Wildman–Crippen MR) is 68.6 cm³/mol. The summed E-state index contributed by atoms with van der Waals surface area (Å²) in [5.74, 6) is 0. The van der Waals surface area contributed by atoms with E-state index < -0.39 is 6.43 Å². The Hall–Kier alpha value is -1.32. The molecular formula is C13H20F2N2. The van der Waals surface area contributed by atoms with E-state index in [1.807, 2.05) is 18.7 Å². The number of rotatable bonds is 6. The first-order valence-electron chi connectivity index (χ1n) is 6.02. The van der Waals surface area contributed by atoms with E-state index in [1.165, 1.54) is 6.07 Å². The third kappa shape index (κ3) is 3.58. The average molecular weight is 242 g/mol. The largest absolute Gasteiger partial charge is 0.399 e. The molecule has 1 aromatic rings. The molecule has 1 rings (SSSR count). The first-order chi connectivity index (χ1) is 8.10. The van der Waals surface area contributed by atoms with Gasteiger partial charge >= 0.3 is 0 Å². The number of halogens is 2. The summed E-state index contributed by atoms with van der Waals surface area (Å²) in [5, 5.41) is 0. The summed E-state index contributed by atoms with van der Waals surface area (Å²) in [5.41, 5.74) is 6.59. The van der Waals surface area contributed by atoms with E-state index in [2.05, 4.69) is 0 Å². The van der Waals surface area contributed by atoms with Crippen molar-refractivity contribution in [2.24, 2.45) is 0 Å². The number of benzene rings is 1. The van der Waals surface area contributed by atoms with Crippen molar-refractivity contribution in [3.63, 3.8) is 0 Å². The monoisotopic (exact) mass is 242 g/mol. The van der Waals surface area contributed by atoms with Crippen LogP contribution in [0.25, 0.3) is 0 Å². The van der Waals surface area contributed by atoms with E-state index >= 15 is 0 Å². The van der Waals surface area contributed by atoms with Gasteiger partial charge in [-0.2, -0.15) is 0 Å². The summed E-state index contributed by atoms with van der Waals surface area (Å²) in [7, 11) is 0. The van der Waals surface area contributed by atoms with Crippen LogP contribution in [-0.2, 0) is 0 Å². The lowest BCUT2D eigenvalue weighted by atomic mass is 10.1. The molecule has 0 spiro atoms. The highest BCUT2D eigenvalue weighted by Crippen LogP contribution is 2.31. The highest BCUT2D eigenvalue weighted by Gasteiger charge is 2.17. The SMILES string of the molecule is CCCN(CCC)c1ccc(N)cc1C(F)F. The van der Waals surface area contributed by atoms with Crippen molar-refractivity contribution in [1.82, 2.24) is 0 Å². The maximum absolute atomic E-state index is 13.0. The van der Waals surface area contributed by atoms with E-state index in [9.17, 15) is 8.78 Å². The molecule has 0 radical (unpaired) electrons. The number of nitrogens with zero attached hydrogens (tertiary/aromatic N) is 1. The van der Waals surface area contributed by atoms with E-state index in [0.717, 1.165) is 25.9 Å². The second kappa shape index (κ2) is 6.42. The smallest absolute Gasteiger partial charge is 0.265 e. The molecule has 0 bridgehead atoms. The van der Waals surface area contributed by atoms with Gasteiger partial charge < -0.3 is 10.6 Å². The minimum atomic E-state index is -2.48. The maximum Gasteiger partial charge on any atom is 0.265 e. The Bertz CT molecular complexity index is 347. The van der Waals surface area contributed by atoms with Gasteiger partial charge in [0.2, 0.25) is 0 Å². The summed E-state index contributed by atoms with van der Waals surface area (Å²) in [6.45, 7) is 5.67. The molecule has 0 aromatic heterocycles.